The first-order valence-corrected chi connectivity index (χ1v) is 13.3. The van der Waals surface area contributed by atoms with Crippen molar-refractivity contribution in [3.8, 4) is 17.2 Å². The first-order valence-electron chi connectivity index (χ1n) is 12.3. The van der Waals surface area contributed by atoms with E-state index in [1.54, 1.807) is 18.2 Å². The van der Waals surface area contributed by atoms with E-state index in [0.717, 1.165) is 11.3 Å². The molecule has 2 heterocycles. The van der Waals surface area contributed by atoms with Gasteiger partial charge < -0.3 is 14.2 Å². The molecule has 196 valence electrons. The summed E-state index contributed by atoms with van der Waals surface area (Å²) in [7, 11) is 0. The fourth-order valence-electron chi connectivity index (χ4n) is 4.33. The predicted molar refractivity (Wildman–Crippen MR) is 143 cm³/mol. The van der Waals surface area contributed by atoms with Crippen LogP contribution in [-0.2, 0) is 23.7 Å². The highest BCUT2D eigenvalue weighted by Gasteiger charge is 2.26. The molecule has 6 nitrogen and oxygen atoms in total. The molecule has 0 fully saturated rings. The summed E-state index contributed by atoms with van der Waals surface area (Å²) in [6, 6.07) is 28.3. The summed E-state index contributed by atoms with van der Waals surface area (Å²) < 4.78 is 48.3. The lowest BCUT2D eigenvalue weighted by Crippen LogP contribution is -2.19. The monoisotopic (exact) mass is 543 g/mol. The Kier molecular flexibility index (Phi) is 7.25. The number of nitrogens with zero attached hydrogens (tertiary/aromatic N) is 3. The summed E-state index contributed by atoms with van der Waals surface area (Å²) in [4.78, 5) is 0. The molecule has 0 spiro atoms. The lowest BCUT2D eigenvalue weighted by molar-refractivity contribution is -0.112. The molecule has 9 heteroatoms. The minimum atomic E-state index is -0.581. The molecule has 0 radical (unpaired) electrons. The van der Waals surface area contributed by atoms with Gasteiger partial charge in [0, 0.05) is 28.1 Å². The molecule has 6 rings (SSSR count). The summed E-state index contributed by atoms with van der Waals surface area (Å²) in [6.45, 7) is 0.250. The first-order chi connectivity index (χ1) is 19.2. The smallest absolute Gasteiger partial charge is 0.227 e. The van der Waals surface area contributed by atoms with Gasteiger partial charge in [-0.2, -0.15) is 0 Å². The van der Waals surface area contributed by atoms with Gasteiger partial charge in [-0.1, -0.05) is 72.4 Å². The Bertz CT molecular complexity index is 1580. The number of rotatable bonds is 8. The van der Waals surface area contributed by atoms with Gasteiger partial charge in [-0.15, -0.1) is 10.2 Å². The van der Waals surface area contributed by atoms with E-state index >= 15 is 0 Å². The van der Waals surface area contributed by atoms with E-state index in [2.05, 4.69) is 10.2 Å². The SMILES string of the molecule is Fc1cc2c(c(CSc3nnc(COc4ccccc4F)n3-c3ccccc3)c1)OC(c1ccccc1)OC2. The molecule has 1 atom stereocenters. The largest absolute Gasteiger partial charge is 0.483 e. The van der Waals surface area contributed by atoms with Crippen LogP contribution >= 0.6 is 11.8 Å². The van der Waals surface area contributed by atoms with E-state index < -0.39 is 12.1 Å². The summed E-state index contributed by atoms with van der Waals surface area (Å²) in [5.41, 5.74) is 3.05. The van der Waals surface area contributed by atoms with E-state index in [1.807, 2.05) is 65.2 Å². The van der Waals surface area contributed by atoms with Gasteiger partial charge in [0.15, 0.2) is 22.5 Å². The molecule has 5 aromatic rings. The van der Waals surface area contributed by atoms with Crippen molar-refractivity contribution in [2.45, 2.75) is 30.4 Å². The lowest BCUT2D eigenvalue weighted by atomic mass is 10.1. The Morgan fingerprint density at radius 3 is 2.44 bits per heavy atom. The van der Waals surface area contributed by atoms with Crippen LogP contribution in [0.2, 0.25) is 0 Å². The second-order valence-electron chi connectivity index (χ2n) is 8.80. The minimum Gasteiger partial charge on any atom is -0.483 e. The maximum Gasteiger partial charge on any atom is 0.227 e. The quantitative estimate of drug-likeness (QED) is 0.196. The van der Waals surface area contributed by atoms with Crippen LogP contribution in [0, 0.1) is 11.6 Å². The van der Waals surface area contributed by atoms with Gasteiger partial charge in [0.25, 0.3) is 0 Å². The number of ether oxygens (including phenoxy) is 3. The van der Waals surface area contributed by atoms with E-state index in [0.29, 0.717) is 33.6 Å². The average Bonchev–Trinajstić information content (AvgIpc) is 3.39. The number of aromatic nitrogens is 3. The maximum atomic E-state index is 14.5. The van der Waals surface area contributed by atoms with Gasteiger partial charge >= 0.3 is 0 Å². The molecule has 0 N–H and O–H groups in total. The average molecular weight is 544 g/mol. The molecule has 0 bridgehead atoms. The molecular weight excluding hydrogens is 520 g/mol. The highest BCUT2D eigenvalue weighted by Crippen LogP contribution is 2.39. The van der Waals surface area contributed by atoms with Gasteiger partial charge in [-0.3, -0.25) is 4.57 Å². The van der Waals surface area contributed by atoms with Crippen LogP contribution < -0.4 is 9.47 Å². The second kappa shape index (κ2) is 11.3. The van der Waals surface area contributed by atoms with E-state index in [-0.39, 0.29) is 24.8 Å². The van der Waals surface area contributed by atoms with Crippen molar-refractivity contribution in [1.29, 1.82) is 0 Å². The second-order valence-corrected chi connectivity index (χ2v) is 9.74. The van der Waals surface area contributed by atoms with Crippen molar-refractivity contribution in [3.05, 3.63) is 131 Å². The van der Waals surface area contributed by atoms with Crippen molar-refractivity contribution < 1.29 is 23.0 Å². The normalized spacial score (nSPS) is 14.5. The molecule has 1 aliphatic heterocycles. The van der Waals surface area contributed by atoms with Gasteiger partial charge in [0.2, 0.25) is 6.29 Å². The topological polar surface area (TPSA) is 58.4 Å². The fraction of sp³-hybridized carbons (Fsp3) is 0.133. The van der Waals surface area contributed by atoms with Crippen LogP contribution in [0.4, 0.5) is 8.78 Å². The highest BCUT2D eigenvalue weighted by atomic mass is 32.2. The Balaban J connectivity index is 1.27. The molecule has 1 unspecified atom stereocenters. The minimum absolute atomic E-state index is 0.0119. The van der Waals surface area contributed by atoms with Gasteiger partial charge in [0.05, 0.1) is 6.61 Å². The van der Waals surface area contributed by atoms with Crippen molar-refractivity contribution in [2.75, 3.05) is 0 Å². The van der Waals surface area contributed by atoms with Gasteiger partial charge in [0.1, 0.15) is 18.2 Å². The zero-order chi connectivity index (χ0) is 26.6. The number of hydrogen-bond acceptors (Lipinski definition) is 6. The summed E-state index contributed by atoms with van der Waals surface area (Å²) in [5.74, 6) is 0.804. The number of fused-ring (bicyclic) bond motifs is 1. The molecule has 1 aliphatic rings. The third-order valence-electron chi connectivity index (χ3n) is 6.16. The number of para-hydroxylation sites is 2. The van der Waals surface area contributed by atoms with E-state index in [4.69, 9.17) is 14.2 Å². The van der Waals surface area contributed by atoms with Crippen LogP contribution in [0.3, 0.4) is 0 Å². The van der Waals surface area contributed by atoms with Crippen molar-refractivity contribution in [3.63, 3.8) is 0 Å². The number of halogens is 2. The molecular formula is C30H23F2N3O3S. The van der Waals surface area contributed by atoms with Crippen LogP contribution in [-0.4, -0.2) is 14.8 Å². The summed E-state index contributed by atoms with van der Waals surface area (Å²) in [6.07, 6.45) is -0.581. The number of hydrogen-bond donors (Lipinski definition) is 0. The Morgan fingerprint density at radius 2 is 1.64 bits per heavy atom. The molecule has 39 heavy (non-hydrogen) atoms. The standard InChI is InChI=1S/C30H23F2N3O3S/c31-23-15-21-17-37-29(20-9-3-1-4-10-20)38-28(21)22(16-23)19-39-30-34-33-27(35(30)24-11-5-2-6-12-24)18-36-26-14-8-7-13-25(26)32/h1-16,29H,17-19H2. The number of benzene rings is 4. The van der Waals surface area contributed by atoms with Gasteiger partial charge in [-0.05, 0) is 36.4 Å². The first kappa shape index (κ1) is 25.1. The molecule has 0 saturated carbocycles. The third kappa shape index (κ3) is 5.50. The molecule has 0 aliphatic carbocycles. The predicted octanol–water partition coefficient (Wildman–Crippen LogP) is 7.02. The zero-order valence-electron chi connectivity index (χ0n) is 20.7. The molecule has 1 aromatic heterocycles. The van der Waals surface area contributed by atoms with Crippen LogP contribution in [0.15, 0.2) is 102 Å². The van der Waals surface area contributed by atoms with Crippen molar-refractivity contribution in [2.24, 2.45) is 0 Å². The molecule has 4 aromatic carbocycles. The highest BCUT2D eigenvalue weighted by molar-refractivity contribution is 7.98. The van der Waals surface area contributed by atoms with Crippen molar-refractivity contribution in [1.82, 2.24) is 14.8 Å². The Morgan fingerprint density at radius 1 is 0.897 bits per heavy atom. The third-order valence-corrected chi connectivity index (χ3v) is 7.14. The Labute approximate surface area is 228 Å². The van der Waals surface area contributed by atoms with Crippen molar-refractivity contribution >= 4 is 11.8 Å². The molecule has 0 amide bonds. The number of thioether (sulfide) groups is 1. The lowest BCUT2D eigenvalue weighted by Gasteiger charge is -2.28. The zero-order valence-corrected chi connectivity index (χ0v) is 21.5. The van der Waals surface area contributed by atoms with E-state index in [1.165, 1.54) is 30.0 Å². The Hall–Kier alpha value is -4.21. The maximum absolute atomic E-state index is 14.5. The van der Waals surface area contributed by atoms with E-state index in [9.17, 15) is 8.78 Å². The van der Waals surface area contributed by atoms with Gasteiger partial charge in [-0.25, -0.2) is 8.78 Å². The molecule has 0 saturated heterocycles. The summed E-state index contributed by atoms with van der Waals surface area (Å²) >= 11 is 1.39. The summed E-state index contributed by atoms with van der Waals surface area (Å²) in [5, 5.41) is 9.29. The fourth-order valence-corrected chi connectivity index (χ4v) is 5.27. The van der Waals surface area contributed by atoms with Crippen LogP contribution in [0.5, 0.6) is 11.5 Å². The van der Waals surface area contributed by atoms with Crippen LogP contribution in [0.25, 0.3) is 5.69 Å². The van der Waals surface area contributed by atoms with Crippen LogP contribution in [0.1, 0.15) is 28.8 Å².